The van der Waals surface area contributed by atoms with Crippen molar-refractivity contribution in [2.45, 2.75) is 25.6 Å². The van der Waals surface area contributed by atoms with Crippen molar-refractivity contribution < 1.29 is 4.74 Å². The summed E-state index contributed by atoms with van der Waals surface area (Å²) in [5.41, 5.74) is 3.78. The number of methoxy groups -OCH3 is 1. The SMILES string of the molecule is COc1ccc(C2c3cccn3CCCN2Cc2ccccc2Cl)cc1. The van der Waals surface area contributed by atoms with Crippen molar-refractivity contribution >= 4 is 11.6 Å². The van der Waals surface area contributed by atoms with E-state index < -0.39 is 0 Å². The van der Waals surface area contributed by atoms with Gasteiger partial charge in [-0.15, -0.1) is 0 Å². The lowest BCUT2D eigenvalue weighted by Gasteiger charge is -2.31. The summed E-state index contributed by atoms with van der Waals surface area (Å²) in [7, 11) is 1.70. The Kier molecular flexibility index (Phi) is 5.00. The van der Waals surface area contributed by atoms with E-state index in [0.717, 1.165) is 36.8 Å². The van der Waals surface area contributed by atoms with Crippen molar-refractivity contribution in [2.75, 3.05) is 13.7 Å². The Bertz CT molecular complexity index is 872. The third kappa shape index (κ3) is 3.37. The van der Waals surface area contributed by atoms with E-state index in [1.54, 1.807) is 7.11 Å². The summed E-state index contributed by atoms with van der Waals surface area (Å²) in [5.74, 6) is 0.885. The number of aromatic nitrogens is 1. The molecule has 2 heterocycles. The molecule has 134 valence electrons. The number of aryl methyl sites for hydroxylation is 1. The molecule has 0 amide bonds. The highest BCUT2D eigenvalue weighted by atomic mass is 35.5. The largest absolute Gasteiger partial charge is 0.497 e. The number of hydrogen-bond acceptors (Lipinski definition) is 2. The highest BCUT2D eigenvalue weighted by molar-refractivity contribution is 6.31. The van der Waals surface area contributed by atoms with Gasteiger partial charge in [0.1, 0.15) is 5.75 Å². The monoisotopic (exact) mass is 366 g/mol. The molecule has 3 nitrogen and oxygen atoms in total. The molecule has 0 fully saturated rings. The van der Waals surface area contributed by atoms with E-state index in [-0.39, 0.29) is 6.04 Å². The van der Waals surface area contributed by atoms with Crippen LogP contribution in [-0.4, -0.2) is 23.1 Å². The lowest BCUT2D eigenvalue weighted by molar-refractivity contribution is 0.220. The maximum Gasteiger partial charge on any atom is 0.118 e. The summed E-state index contributed by atoms with van der Waals surface area (Å²) < 4.78 is 7.71. The Morgan fingerprint density at radius 2 is 1.81 bits per heavy atom. The van der Waals surface area contributed by atoms with E-state index in [9.17, 15) is 0 Å². The molecule has 1 aromatic heterocycles. The molecule has 0 saturated heterocycles. The molecule has 0 bridgehead atoms. The van der Waals surface area contributed by atoms with Crippen LogP contribution in [-0.2, 0) is 13.1 Å². The second-order valence-corrected chi connectivity index (χ2v) is 7.12. The van der Waals surface area contributed by atoms with Crippen molar-refractivity contribution in [3.05, 3.63) is 88.7 Å². The minimum Gasteiger partial charge on any atom is -0.497 e. The molecule has 1 aliphatic heterocycles. The predicted octanol–water partition coefficient (Wildman–Crippen LogP) is 5.15. The fourth-order valence-corrected chi connectivity index (χ4v) is 4.02. The van der Waals surface area contributed by atoms with Crippen LogP contribution in [0.2, 0.25) is 5.02 Å². The fraction of sp³-hybridized carbons (Fsp3) is 0.273. The zero-order valence-electron chi connectivity index (χ0n) is 14.9. The van der Waals surface area contributed by atoms with E-state index in [1.807, 2.05) is 24.3 Å². The van der Waals surface area contributed by atoms with Crippen LogP contribution in [0.15, 0.2) is 66.9 Å². The molecule has 1 aliphatic rings. The molecule has 0 radical (unpaired) electrons. The second-order valence-electron chi connectivity index (χ2n) is 6.72. The quantitative estimate of drug-likeness (QED) is 0.635. The van der Waals surface area contributed by atoms with Gasteiger partial charge in [0.25, 0.3) is 0 Å². The molecular formula is C22H23ClN2O. The number of fused-ring (bicyclic) bond motifs is 1. The Labute approximate surface area is 159 Å². The minimum absolute atomic E-state index is 0.203. The molecule has 4 rings (SSSR count). The zero-order valence-corrected chi connectivity index (χ0v) is 15.7. The van der Waals surface area contributed by atoms with E-state index in [2.05, 4.69) is 52.1 Å². The summed E-state index contributed by atoms with van der Waals surface area (Å²) in [5, 5.41) is 0.834. The third-order valence-electron chi connectivity index (χ3n) is 5.12. The molecule has 0 spiro atoms. The molecule has 0 saturated carbocycles. The predicted molar refractivity (Wildman–Crippen MR) is 106 cm³/mol. The van der Waals surface area contributed by atoms with Gasteiger partial charge in [0, 0.05) is 36.5 Å². The topological polar surface area (TPSA) is 17.4 Å². The summed E-state index contributed by atoms with van der Waals surface area (Å²) >= 11 is 6.45. The van der Waals surface area contributed by atoms with Gasteiger partial charge in [0.2, 0.25) is 0 Å². The second kappa shape index (κ2) is 7.56. The van der Waals surface area contributed by atoms with E-state index in [4.69, 9.17) is 16.3 Å². The van der Waals surface area contributed by atoms with Gasteiger partial charge in [-0.25, -0.2) is 0 Å². The maximum absolute atomic E-state index is 6.45. The van der Waals surface area contributed by atoms with Gasteiger partial charge in [0.05, 0.1) is 13.2 Å². The van der Waals surface area contributed by atoms with Crippen LogP contribution in [0.3, 0.4) is 0 Å². The number of benzene rings is 2. The molecule has 0 N–H and O–H groups in total. The summed E-state index contributed by atoms with van der Waals surface area (Å²) in [6.07, 6.45) is 3.31. The van der Waals surface area contributed by atoms with Crippen LogP contribution in [0, 0.1) is 0 Å². The van der Waals surface area contributed by atoms with Gasteiger partial charge in [0.15, 0.2) is 0 Å². The molecule has 3 aromatic rings. The summed E-state index contributed by atoms with van der Waals surface area (Å²) in [4.78, 5) is 2.53. The molecule has 1 unspecified atom stereocenters. The Balaban J connectivity index is 1.74. The van der Waals surface area contributed by atoms with E-state index in [1.165, 1.54) is 16.8 Å². The molecular weight excluding hydrogens is 344 g/mol. The lowest BCUT2D eigenvalue weighted by Crippen LogP contribution is -2.29. The Morgan fingerprint density at radius 3 is 2.58 bits per heavy atom. The van der Waals surface area contributed by atoms with E-state index >= 15 is 0 Å². The van der Waals surface area contributed by atoms with Gasteiger partial charge in [-0.05, 0) is 47.9 Å². The van der Waals surface area contributed by atoms with Gasteiger partial charge >= 0.3 is 0 Å². The number of hydrogen-bond donors (Lipinski definition) is 0. The van der Waals surface area contributed by atoms with Crippen molar-refractivity contribution in [1.29, 1.82) is 0 Å². The first-order valence-corrected chi connectivity index (χ1v) is 9.40. The van der Waals surface area contributed by atoms with Crippen LogP contribution in [0.4, 0.5) is 0 Å². The highest BCUT2D eigenvalue weighted by Crippen LogP contribution is 2.34. The van der Waals surface area contributed by atoms with E-state index in [0.29, 0.717) is 0 Å². The first kappa shape index (κ1) is 17.2. The summed E-state index contributed by atoms with van der Waals surface area (Å²) in [6.45, 7) is 2.92. The standard InChI is InChI=1S/C22H23ClN2O/c1-26-19-11-9-17(10-12-19)22-21-8-4-13-24(21)14-5-15-25(22)16-18-6-2-3-7-20(18)23/h2-4,6-13,22H,5,14-16H2,1H3. The van der Waals surface area contributed by atoms with Crippen LogP contribution in [0.5, 0.6) is 5.75 Å². The molecule has 1 atom stereocenters. The van der Waals surface area contributed by atoms with Gasteiger partial charge in [-0.3, -0.25) is 4.90 Å². The van der Waals surface area contributed by atoms with Gasteiger partial charge in [-0.2, -0.15) is 0 Å². The number of ether oxygens (including phenoxy) is 1. The molecule has 2 aromatic carbocycles. The van der Waals surface area contributed by atoms with Gasteiger partial charge < -0.3 is 9.30 Å². The zero-order chi connectivity index (χ0) is 17.9. The average Bonchev–Trinajstić information content (AvgIpc) is 3.05. The van der Waals surface area contributed by atoms with Crippen LogP contribution in [0.1, 0.15) is 29.3 Å². The van der Waals surface area contributed by atoms with Crippen molar-refractivity contribution in [3.8, 4) is 5.75 Å². The normalized spacial score (nSPS) is 17.5. The molecule has 4 heteroatoms. The highest BCUT2D eigenvalue weighted by Gasteiger charge is 2.27. The fourth-order valence-electron chi connectivity index (χ4n) is 3.82. The first-order valence-electron chi connectivity index (χ1n) is 9.03. The number of halogens is 1. The van der Waals surface area contributed by atoms with Crippen LogP contribution >= 0.6 is 11.6 Å². The van der Waals surface area contributed by atoms with Crippen LogP contribution in [0.25, 0.3) is 0 Å². The van der Waals surface area contributed by atoms with Crippen molar-refractivity contribution in [1.82, 2.24) is 9.47 Å². The minimum atomic E-state index is 0.203. The smallest absolute Gasteiger partial charge is 0.118 e. The Morgan fingerprint density at radius 1 is 1.00 bits per heavy atom. The molecule has 0 aliphatic carbocycles. The number of nitrogens with zero attached hydrogens (tertiary/aromatic N) is 2. The van der Waals surface area contributed by atoms with Gasteiger partial charge in [-0.1, -0.05) is 41.9 Å². The third-order valence-corrected chi connectivity index (χ3v) is 5.49. The Hall–Kier alpha value is -2.23. The lowest BCUT2D eigenvalue weighted by atomic mass is 10.0. The number of rotatable bonds is 4. The maximum atomic E-state index is 6.45. The van der Waals surface area contributed by atoms with Crippen molar-refractivity contribution in [2.24, 2.45) is 0 Å². The first-order chi connectivity index (χ1) is 12.8. The summed E-state index contributed by atoms with van der Waals surface area (Å²) in [6, 6.07) is 21.2. The molecule has 26 heavy (non-hydrogen) atoms. The average molecular weight is 367 g/mol. The van der Waals surface area contributed by atoms with Crippen molar-refractivity contribution in [3.63, 3.8) is 0 Å². The van der Waals surface area contributed by atoms with Crippen LogP contribution < -0.4 is 4.74 Å².